The van der Waals surface area contributed by atoms with Crippen LogP contribution in [0.2, 0.25) is 5.15 Å². The maximum atomic E-state index is 11.8. The van der Waals surface area contributed by atoms with E-state index in [0.717, 1.165) is 0 Å². The van der Waals surface area contributed by atoms with Gasteiger partial charge in [0.25, 0.3) is 5.91 Å². The Hall–Kier alpha value is -2.54. The first-order valence-corrected chi connectivity index (χ1v) is 5.45. The molecule has 2 rings (SSSR count). The quantitative estimate of drug-likeness (QED) is 0.881. The number of nitrogens with zero attached hydrogens (tertiary/aromatic N) is 3. The number of rotatable bonds is 3. The number of pyridine rings is 1. The Morgan fingerprint density at radius 2 is 1.89 bits per heavy atom. The number of nitrogens with one attached hydrogen (secondary N) is 1. The molecule has 96 valence electrons. The van der Waals surface area contributed by atoms with Gasteiger partial charge >= 0.3 is 5.97 Å². The summed E-state index contributed by atoms with van der Waals surface area (Å²) in [6.45, 7) is 0. The van der Waals surface area contributed by atoms with E-state index in [2.05, 4.69) is 20.5 Å². The van der Waals surface area contributed by atoms with Gasteiger partial charge < -0.3 is 10.4 Å². The molecule has 0 aromatic carbocycles. The van der Waals surface area contributed by atoms with Crippen molar-refractivity contribution in [3.05, 3.63) is 46.9 Å². The summed E-state index contributed by atoms with van der Waals surface area (Å²) in [5.74, 6) is -1.62. The molecule has 2 aromatic rings. The number of anilines is 1. The third-order valence-electron chi connectivity index (χ3n) is 2.07. The monoisotopic (exact) mass is 278 g/mol. The highest BCUT2D eigenvalue weighted by molar-refractivity contribution is 6.29. The molecule has 19 heavy (non-hydrogen) atoms. The zero-order chi connectivity index (χ0) is 13.8. The first kappa shape index (κ1) is 12.9. The molecule has 0 unspecified atom stereocenters. The minimum Gasteiger partial charge on any atom is -0.477 e. The van der Waals surface area contributed by atoms with Crippen molar-refractivity contribution in [1.29, 1.82) is 0 Å². The van der Waals surface area contributed by atoms with Gasteiger partial charge in [-0.15, -0.1) is 10.2 Å². The molecular weight excluding hydrogens is 272 g/mol. The van der Waals surface area contributed by atoms with Crippen molar-refractivity contribution in [3.63, 3.8) is 0 Å². The van der Waals surface area contributed by atoms with E-state index in [4.69, 9.17) is 16.7 Å². The zero-order valence-corrected chi connectivity index (χ0v) is 10.1. The van der Waals surface area contributed by atoms with E-state index in [-0.39, 0.29) is 22.4 Å². The van der Waals surface area contributed by atoms with Crippen LogP contribution in [0, 0.1) is 0 Å². The number of carboxylic acid groups (broad SMARTS) is 1. The van der Waals surface area contributed by atoms with Crippen molar-refractivity contribution in [2.45, 2.75) is 0 Å². The molecule has 0 fully saturated rings. The standard InChI is InChI=1S/C11H7ClN4O3/c12-8-5-4-6(15-16-8)10(17)14-9-3-1-2-7(13-9)11(18)19/h1-5H,(H,18,19)(H,13,14,17). The molecule has 0 saturated carbocycles. The molecule has 0 saturated heterocycles. The number of aromatic nitrogens is 3. The molecule has 0 radical (unpaired) electrons. The smallest absolute Gasteiger partial charge is 0.354 e. The lowest BCUT2D eigenvalue weighted by molar-refractivity contribution is 0.0690. The van der Waals surface area contributed by atoms with E-state index in [9.17, 15) is 9.59 Å². The Kier molecular flexibility index (Phi) is 3.67. The van der Waals surface area contributed by atoms with E-state index < -0.39 is 11.9 Å². The molecule has 2 heterocycles. The molecule has 7 nitrogen and oxygen atoms in total. The van der Waals surface area contributed by atoms with Gasteiger partial charge in [-0.3, -0.25) is 4.79 Å². The maximum Gasteiger partial charge on any atom is 0.354 e. The van der Waals surface area contributed by atoms with E-state index in [1.165, 1.54) is 30.3 Å². The van der Waals surface area contributed by atoms with E-state index in [1.807, 2.05) is 0 Å². The number of aromatic carboxylic acids is 1. The third kappa shape index (κ3) is 3.23. The Morgan fingerprint density at radius 3 is 2.53 bits per heavy atom. The van der Waals surface area contributed by atoms with E-state index in [1.54, 1.807) is 0 Å². The van der Waals surface area contributed by atoms with Crippen LogP contribution in [0.25, 0.3) is 0 Å². The van der Waals surface area contributed by atoms with Gasteiger partial charge in [-0.1, -0.05) is 17.7 Å². The predicted octanol–water partition coefficient (Wildman–Crippen LogP) is 1.48. The predicted molar refractivity (Wildman–Crippen MR) is 66.2 cm³/mol. The van der Waals surface area contributed by atoms with Crippen LogP contribution in [0.3, 0.4) is 0 Å². The largest absolute Gasteiger partial charge is 0.477 e. The molecule has 0 atom stereocenters. The van der Waals surface area contributed by atoms with Gasteiger partial charge in [0.2, 0.25) is 0 Å². The lowest BCUT2D eigenvalue weighted by Gasteiger charge is -2.03. The Bertz CT molecular complexity index is 630. The molecule has 1 amide bonds. The molecule has 0 spiro atoms. The second-order valence-electron chi connectivity index (χ2n) is 3.41. The fourth-order valence-corrected chi connectivity index (χ4v) is 1.34. The number of hydrogen-bond acceptors (Lipinski definition) is 5. The highest BCUT2D eigenvalue weighted by Crippen LogP contribution is 2.08. The number of halogens is 1. The van der Waals surface area contributed by atoms with Gasteiger partial charge in [-0.05, 0) is 24.3 Å². The first-order chi connectivity index (χ1) is 9.06. The van der Waals surface area contributed by atoms with Crippen LogP contribution >= 0.6 is 11.6 Å². The number of carboxylic acids is 1. The lowest BCUT2D eigenvalue weighted by Crippen LogP contribution is -2.16. The minimum atomic E-state index is -1.18. The van der Waals surface area contributed by atoms with Gasteiger partial charge in [-0.2, -0.15) is 0 Å². The number of hydrogen-bond donors (Lipinski definition) is 2. The molecule has 0 aliphatic rings. The maximum absolute atomic E-state index is 11.8. The summed E-state index contributed by atoms with van der Waals surface area (Å²) in [4.78, 5) is 26.2. The van der Waals surface area contributed by atoms with Crippen LogP contribution < -0.4 is 5.32 Å². The van der Waals surface area contributed by atoms with Crippen molar-refractivity contribution in [2.24, 2.45) is 0 Å². The molecule has 2 aromatic heterocycles. The Labute approximate surface area is 112 Å². The summed E-state index contributed by atoms with van der Waals surface area (Å²) in [6.07, 6.45) is 0. The van der Waals surface area contributed by atoms with Crippen molar-refractivity contribution < 1.29 is 14.7 Å². The summed E-state index contributed by atoms with van der Waals surface area (Å²) in [7, 11) is 0. The van der Waals surface area contributed by atoms with Gasteiger partial charge in [-0.25, -0.2) is 9.78 Å². The lowest BCUT2D eigenvalue weighted by atomic mass is 10.3. The topological polar surface area (TPSA) is 105 Å². The highest BCUT2D eigenvalue weighted by Gasteiger charge is 2.11. The molecule has 0 aliphatic heterocycles. The summed E-state index contributed by atoms with van der Waals surface area (Å²) >= 11 is 5.55. The third-order valence-corrected chi connectivity index (χ3v) is 2.28. The molecule has 0 aliphatic carbocycles. The second kappa shape index (κ2) is 5.40. The Balaban J connectivity index is 2.17. The number of carbonyl (C=O) groups is 2. The average molecular weight is 279 g/mol. The fraction of sp³-hybridized carbons (Fsp3) is 0. The van der Waals surface area contributed by atoms with Crippen LogP contribution in [0.15, 0.2) is 30.3 Å². The minimum absolute atomic E-state index is 0.0481. The van der Waals surface area contributed by atoms with Gasteiger partial charge in [0, 0.05) is 0 Å². The average Bonchev–Trinajstić information content (AvgIpc) is 2.39. The van der Waals surface area contributed by atoms with Crippen LogP contribution in [0.1, 0.15) is 21.0 Å². The van der Waals surface area contributed by atoms with Gasteiger partial charge in [0.05, 0.1) is 0 Å². The van der Waals surface area contributed by atoms with Gasteiger partial charge in [0.1, 0.15) is 5.82 Å². The second-order valence-corrected chi connectivity index (χ2v) is 3.80. The fourth-order valence-electron chi connectivity index (χ4n) is 1.24. The summed E-state index contributed by atoms with van der Waals surface area (Å²) in [5, 5.41) is 18.5. The van der Waals surface area contributed by atoms with Crippen LogP contribution in [0.5, 0.6) is 0 Å². The van der Waals surface area contributed by atoms with Crippen LogP contribution in [-0.4, -0.2) is 32.2 Å². The normalized spacial score (nSPS) is 9.95. The van der Waals surface area contributed by atoms with Crippen molar-refractivity contribution in [3.8, 4) is 0 Å². The van der Waals surface area contributed by atoms with Gasteiger partial charge in [0.15, 0.2) is 16.5 Å². The Morgan fingerprint density at radius 1 is 1.11 bits per heavy atom. The summed E-state index contributed by atoms with van der Waals surface area (Å²) in [5.41, 5.74) is -0.119. The molecule has 2 N–H and O–H groups in total. The highest BCUT2D eigenvalue weighted by atomic mass is 35.5. The van der Waals surface area contributed by atoms with E-state index in [0.29, 0.717) is 0 Å². The number of carbonyl (C=O) groups excluding carboxylic acids is 1. The molecule has 8 heteroatoms. The van der Waals surface area contributed by atoms with Crippen molar-refractivity contribution in [1.82, 2.24) is 15.2 Å². The SMILES string of the molecule is O=C(O)c1cccc(NC(=O)c2ccc(Cl)nn2)n1. The van der Waals surface area contributed by atoms with Crippen molar-refractivity contribution in [2.75, 3.05) is 5.32 Å². The summed E-state index contributed by atoms with van der Waals surface area (Å²) in [6, 6.07) is 7.07. The van der Waals surface area contributed by atoms with Crippen LogP contribution in [0.4, 0.5) is 5.82 Å². The van der Waals surface area contributed by atoms with Crippen LogP contribution in [-0.2, 0) is 0 Å². The van der Waals surface area contributed by atoms with E-state index >= 15 is 0 Å². The number of amides is 1. The molecular formula is C11H7ClN4O3. The molecule has 0 bridgehead atoms. The zero-order valence-electron chi connectivity index (χ0n) is 9.37. The first-order valence-electron chi connectivity index (χ1n) is 5.07. The van der Waals surface area contributed by atoms with Crippen molar-refractivity contribution >= 4 is 29.3 Å². The summed E-state index contributed by atoms with van der Waals surface area (Å²) < 4.78 is 0.